The Morgan fingerprint density at radius 2 is 2.35 bits per heavy atom. The topological polar surface area (TPSA) is 20.3 Å². The summed E-state index contributed by atoms with van der Waals surface area (Å²) in [7, 11) is 0. The summed E-state index contributed by atoms with van der Waals surface area (Å²) in [6.45, 7) is 5.25. The van der Waals surface area contributed by atoms with Crippen molar-refractivity contribution in [3.63, 3.8) is 0 Å². The van der Waals surface area contributed by atoms with Gasteiger partial charge in [-0.25, -0.2) is 0 Å². The number of fused-ring (bicyclic) bond motifs is 2. The maximum atomic E-state index is 12.6. The summed E-state index contributed by atoms with van der Waals surface area (Å²) in [6.07, 6.45) is 4.32. The lowest BCUT2D eigenvalue weighted by molar-refractivity contribution is -0.128. The molecule has 0 aromatic carbocycles. The first-order valence-corrected chi connectivity index (χ1v) is 7.95. The fraction of sp³-hybridized carbons (Fsp3) is 0.615. The zero-order valence-electron chi connectivity index (χ0n) is 10.2. The lowest BCUT2D eigenvalue weighted by Gasteiger charge is -2.33. The van der Waals surface area contributed by atoms with Gasteiger partial charge in [0.25, 0.3) is 5.91 Å². The van der Waals surface area contributed by atoms with Crippen LogP contribution in [0.5, 0.6) is 0 Å². The maximum absolute atomic E-state index is 12.6. The minimum Gasteiger partial charge on any atom is -0.332 e. The normalized spacial score (nSPS) is 31.5. The SMILES string of the molecule is CC(C)CN1C(=O)C2=C3SC=CC1CC(C2)S3. The van der Waals surface area contributed by atoms with Crippen LogP contribution < -0.4 is 0 Å². The van der Waals surface area contributed by atoms with Gasteiger partial charge >= 0.3 is 0 Å². The van der Waals surface area contributed by atoms with E-state index in [2.05, 4.69) is 30.2 Å². The Morgan fingerprint density at radius 3 is 3.12 bits per heavy atom. The first-order chi connectivity index (χ1) is 8.15. The molecule has 1 amide bonds. The van der Waals surface area contributed by atoms with Gasteiger partial charge in [-0.2, -0.15) is 0 Å². The summed E-state index contributed by atoms with van der Waals surface area (Å²) >= 11 is 3.66. The van der Waals surface area contributed by atoms with E-state index in [0.717, 1.165) is 25.0 Å². The van der Waals surface area contributed by atoms with Crippen molar-refractivity contribution in [2.75, 3.05) is 6.54 Å². The molecule has 4 heterocycles. The smallest absolute Gasteiger partial charge is 0.251 e. The summed E-state index contributed by atoms with van der Waals surface area (Å²) in [5.74, 6) is 0.832. The Balaban J connectivity index is 1.99. The van der Waals surface area contributed by atoms with Gasteiger partial charge in [-0.05, 0) is 24.2 Å². The number of hydrogen-bond acceptors (Lipinski definition) is 3. The van der Waals surface area contributed by atoms with E-state index in [4.69, 9.17) is 0 Å². The number of rotatable bonds is 2. The standard InChI is InChI=1S/C13H17NOS2/c1-8(2)7-14-9-3-4-16-13-11(12(14)15)6-10(5-9)17-13/h3-4,8-10H,5-7H2,1-2H3. The lowest BCUT2D eigenvalue weighted by atomic mass is 10.1. The quantitative estimate of drug-likeness (QED) is 0.766. The van der Waals surface area contributed by atoms with Crippen LogP contribution in [0.2, 0.25) is 0 Å². The van der Waals surface area contributed by atoms with Crippen molar-refractivity contribution in [1.29, 1.82) is 0 Å². The van der Waals surface area contributed by atoms with E-state index < -0.39 is 0 Å². The van der Waals surface area contributed by atoms with Crippen molar-refractivity contribution in [2.24, 2.45) is 5.92 Å². The molecule has 0 saturated carbocycles. The summed E-state index contributed by atoms with van der Waals surface area (Å²) in [5, 5.41) is 2.80. The van der Waals surface area contributed by atoms with Crippen molar-refractivity contribution in [3.8, 4) is 0 Å². The van der Waals surface area contributed by atoms with Crippen LogP contribution in [0.4, 0.5) is 0 Å². The Kier molecular flexibility index (Phi) is 3.03. The van der Waals surface area contributed by atoms with Crippen molar-refractivity contribution >= 4 is 29.4 Å². The minimum atomic E-state index is 0.294. The minimum absolute atomic E-state index is 0.294. The number of hydrogen-bond donors (Lipinski definition) is 0. The highest BCUT2D eigenvalue weighted by atomic mass is 32.2. The lowest BCUT2D eigenvalue weighted by Crippen LogP contribution is -2.42. The van der Waals surface area contributed by atoms with E-state index in [0.29, 0.717) is 23.1 Å². The van der Waals surface area contributed by atoms with Crippen LogP contribution in [0, 0.1) is 5.92 Å². The van der Waals surface area contributed by atoms with Crippen LogP contribution in [-0.2, 0) is 4.79 Å². The van der Waals surface area contributed by atoms with Gasteiger partial charge in [-0.15, -0.1) is 11.8 Å². The second-order valence-corrected chi connectivity index (χ2v) is 7.80. The van der Waals surface area contributed by atoms with E-state index >= 15 is 0 Å². The molecule has 1 fully saturated rings. The molecule has 1 saturated heterocycles. The van der Waals surface area contributed by atoms with Crippen molar-refractivity contribution in [1.82, 2.24) is 4.90 Å². The largest absolute Gasteiger partial charge is 0.332 e. The maximum Gasteiger partial charge on any atom is 0.251 e. The van der Waals surface area contributed by atoms with Crippen LogP contribution in [-0.4, -0.2) is 28.6 Å². The zero-order chi connectivity index (χ0) is 12.0. The average molecular weight is 267 g/mol. The van der Waals surface area contributed by atoms with Crippen LogP contribution >= 0.6 is 23.5 Å². The molecule has 0 N–H and O–H groups in total. The van der Waals surface area contributed by atoms with Gasteiger partial charge in [-0.3, -0.25) is 4.79 Å². The van der Waals surface area contributed by atoms with Crippen LogP contribution in [0.3, 0.4) is 0 Å². The second kappa shape index (κ2) is 4.39. The van der Waals surface area contributed by atoms with Crippen molar-refractivity contribution < 1.29 is 4.79 Å². The first kappa shape index (κ1) is 11.7. The molecule has 0 aliphatic carbocycles. The van der Waals surface area contributed by atoms with E-state index in [9.17, 15) is 4.79 Å². The number of amides is 1. The van der Waals surface area contributed by atoms with E-state index in [1.165, 1.54) is 4.24 Å². The average Bonchev–Trinajstić information content (AvgIpc) is 2.60. The Bertz CT molecular complexity index is 414. The van der Waals surface area contributed by atoms with Crippen LogP contribution in [0.1, 0.15) is 26.7 Å². The number of carbonyl (C=O) groups is 1. The summed E-state index contributed by atoms with van der Waals surface area (Å²) in [5.41, 5.74) is 1.08. The molecule has 2 unspecified atom stereocenters. The molecular formula is C13H17NOS2. The third-order valence-corrected chi connectivity index (χ3v) is 5.90. The highest BCUT2D eigenvalue weighted by molar-refractivity contribution is 8.24. The third-order valence-electron chi connectivity index (χ3n) is 3.41. The van der Waals surface area contributed by atoms with E-state index in [1.807, 2.05) is 11.8 Å². The van der Waals surface area contributed by atoms with Gasteiger partial charge in [0.1, 0.15) is 0 Å². The first-order valence-electron chi connectivity index (χ1n) is 6.19. The third kappa shape index (κ3) is 2.06. The summed E-state index contributed by atoms with van der Waals surface area (Å²) in [6, 6.07) is 0.314. The number of nitrogens with zero attached hydrogens (tertiary/aromatic N) is 1. The molecule has 0 aromatic heterocycles. The number of thioether (sulfide) groups is 2. The van der Waals surface area contributed by atoms with E-state index in [1.54, 1.807) is 11.8 Å². The zero-order valence-corrected chi connectivity index (χ0v) is 11.8. The van der Waals surface area contributed by atoms with Gasteiger partial charge in [0.2, 0.25) is 0 Å². The summed E-state index contributed by atoms with van der Waals surface area (Å²) in [4.78, 5) is 14.7. The Hall–Kier alpha value is -0.350. The van der Waals surface area contributed by atoms with Gasteiger partial charge < -0.3 is 4.90 Å². The molecule has 4 bridgehead atoms. The fourth-order valence-electron chi connectivity index (χ4n) is 2.69. The van der Waals surface area contributed by atoms with E-state index in [-0.39, 0.29) is 0 Å². The molecule has 2 nitrogen and oxygen atoms in total. The van der Waals surface area contributed by atoms with Gasteiger partial charge in [0.05, 0.1) is 10.3 Å². The molecular weight excluding hydrogens is 250 g/mol. The van der Waals surface area contributed by atoms with Crippen LogP contribution in [0.25, 0.3) is 0 Å². The molecule has 17 heavy (non-hydrogen) atoms. The molecule has 4 aliphatic rings. The van der Waals surface area contributed by atoms with Gasteiger partial charge in [0, 0.05) is 17.4 Å². The molecule has 4 heteroatoms. The molecule has 2 atom stereocenters. The monoisotopic (exact) mass is 267 g/mol. The highest BCUT2D eigenvalue weighted by Gasteiger charge is 2.40. The van der Waals surface area contributed by atoms with Crippen LogP contribution in [0.15, 0.2) is 21.3 Å². The predicted octanol–water partition coefficient (Wildman–Crippen LogP) is 3.22. The van der Waals surface area contributed by atoms with Crippen molar-refractivity contribution in [3.05, 3.63) is 21.3 Å². The Labute approximate surface area is 111 Å². The molecule has 0 aromatic rings. The fourth-order valence-corrected chi connectivity index (χ4v) is 5.34. The predicted molar refractivity (Wildman–Crippen MR) is 74.7 cm³/mol. The molecule has 0 spiro atoms. The molecule has 4 aliphatic heterocycles. The molecule has 4 rings (SSSR count). The molecule has 0 radical (unpaired) electrons. The Morgan fingerprint density at radius 1 is 1.53 bits per heavy atom. The number of carbonyl (C=O) groups excluding carboxylic acids is 1. The van der Waals surface area contributed by atoms with Crippen molar-refractivity contribution in [2.45, 2.75) is 38.0 Å². The molecule has 92 valence electrons. The highest BCUT2D eigenvalue weighted by Crippen LogP contribution is 2.50. The second-order valence-electron chi connectivity index (χ2n) is 5.31. The van der Waals surface area contributed by atoms with Gasteiger partial charge in [0.15, 0.2) is 0 Å². The summed E-state index contributed by atoms with van der Waals surface area (Å²) < 4.78 is 1.25. The van der Waals surface area contributed by atoms with Gasteiger partial charge in [-0.1, -0.05) is 31.7 Å².